The standard InChI is InChI=1S/C17H24N4O2/c1-12(2)17-19-18-15(23-17)11-21-8-5-13(6-9-21)14-4-7-20(3)16(22)10-14/h4,7,10,12-13H,5-6,8-9,11H2,1-3H3. The highest BCUT2D eigenvalue weighted by atomic mass is 16.4. The van der Waals surface area contributed by atoms with Crippen LogP contribution in [-0.4, -0.2) is 32.8 Å². The van der Waals surface area contributed by atoms with E-state index in [4.69, 9.17) is 4.42 Å². The first-order chi connectivity index (χ1) is 11.0. The lowest BCUT2D eigenvalue weighted by Gasteiger charge is -2.31. The third kappa shape index (κ3) is 3.69. The number of aromatic nitrogens is 3. The number of hydrogen-bond donors (Lipinski definition) is 0. The summed E-state index contributed by atoms with van der Waals surface area (Å²) in [6, 6.07) is 3.84. The molecule has 3 heterocycles. The van der Waals surface area contributed by atoms with Gasteiger partial charge in [0.1, 0.15) is 0 Å². The van der Waals surface area contributed by atoms with Crippen LogP contribution >= 0.6 is 0 Å². The van der Waals surface area contributed by atoms with E-state index in [1.54, 1.807) is 17.7 Å². The monoisotopic (exact) mass is 316 g/mol. The van der Waals surface area contributed by atoms with Crippen LogP contribution in [0.2, 0.25) is 0 Å². The van der Waals surface area contributed by atoms with Crippen molar-refractivity contribution in [2.24, 2.45) is 7.05 Å². The van der Waals surface area contributed by atoms with Gasteiger partial charge in [0.2, 0.25) is 11.8 Å². The molecule has 0 atom stereocenters. The Morgan fingerprint density at radius 1 is 1.30 bits per heavy atom. The maximum absolute atomic E-state index is 11.8. The van der Waals surface area contributed by atoms with E-state index in [1.807, 2.05) is 20.0 Å². The molecule has 0 bridgehead atoms. The Morgan fingerprint density at radius 2 is 2.04 bits per heavy atom. The molecule has 23 heavy (non-hydrogen) atoms. The number of pyridine rings is 1. The summed E-state index contributed by atoms with van der Waals surface area (Å²) in [6.07, 6.45) is 3.96. The summed E-state index contributed by atoms with van der Waals surface area (Å²) in [4.78, 5) is 14.1. The van der Waals surface area contributed by atoms with Gasteiger partial charge in [0.15, 0.2) is 0 Å². The van der Waals surface area contributed by atoms with Gasteiger partial charge in [-0.3, -0.25) is 9.69 Å². The van der Waals surface area contributed by atoms with Crippen molar-refractivity contribution in [2.45, 2.75) is 45.1 Å². The zero-order chi connectivity index (χ0) is 16.4. The highest BCUT2D eigenvalue weighted by Crippen LogP contribution is 2.27. The fraction of sp³-hybridized carbons (Fsp3) is 0.588. The van der Waals surface area contributed by atoms with Crippen LogP contribution in [0.15, 0.2) is 27.5 Å². The molecule has 0 aromatic carbocycles. The molecule has 0 saturated carbocycles. The number of aryl methyl sites for hydroxylation is 1. The molecule has 0 radical (unpaired) electrons. The summed E-state index contributed by atoms with van der Waals surface area (Å²) >= 11 is 0. The van der Waals surface area contributed by atoms with Crippen molar-refractivity contribution in [2.75, 3.05) is 13.1 Å². The van der Waals surface area contributed by atoms with Gasteiger partial charge in [0.05, 0.1) is 6.54 Å². The number of piperidine rings is 1. The van der Waals surface area contributed by atoms with Crippen LogP contribution < -0.4 is 5.56 Å². The Hall–Kier alpha value is -1.95. The molecule has 1 saturated heterocycles. The van der Waals surface area contributed by atoms with Gasteiger partial charge in [0.25, 0.3) is 5.56 Å². The van der Waals surface area contributed by atoms with Gasteiger partial charge in [-0.25, -0.2) is 0 Å². The van der Waals surface area contributed by atoms with Crippen molar-refractivity contribution < 1.29 is 4.42 Å². The summed E-state index contributed by atoms with van der Waals surface area (Å²) in [5.41, 5.74) is 1.23. The quantitative estimate of drug-likeness (QED) is 0.866. The SMILES string of the molecule is CC(C)c1nnc(CN2CCC(c3ccn(C)c(=O)c3)CC2)o1. The summed E-state index contributed by atoms with van der Waals surface area (Å²) in [6.45, 7) is 6.78. The summed E-state index contributed by atoms with van der Waals surface area (Å²) < 4.78 is 7.29. The van der Waals surface area contributed by atoms with Crippen molar-refractivity contribution in [3.05, 3.63) is 46.0 Å². The molecule has 0 N–H and O–H groups in total. The number of nitrogens with zero attached hydrogens (tertiary/aromatic N) is 4. The van der Waals surface area contributed by atoms with E-state index in [9.17, 15) is 4.79 Å². The third-order valence-corrected chi connectivity index (χ3v) is 4.52. The first-order valence-electron chi connectivity index (χ1n) is 8.24. The minimum atomic E-state index is 0.0667. The molecule has 1 aliphatic heterocycles. The molecule has 3 rings (SSSR count). The van der Waals surface area contributed by atoms with E-state index in [0.717, 1.165) is 31.5 Å². The van der Waals surface area contributed by atoms with Crippen molar-refractivity contribution in [3.8, 4) is 0 Å². The molecular formula is C17H24N4O2. The molecule has 6 heteroatoms. The van der Waals surface area contributed by atoms with Crippen LogP contribution in [0.1, 0.15) is 55.9 Å². The smallest absolute Gasteiger partial charge is 0.250 e. The van der Waals surface area contributed by atoms with E-state index < -0.39 is 0 Å². The molecule has 0 amide bonds. The lowest BCUT2D eigenvalue weighted by atomic mass is 9.90. The third-order valence-electron chi connectivity index (χ3n) is 4.52. The first kappa shape index (κ1) is 15.9. The molecule has 2 aromatic rings. The Labute approximate surface area is 136 Å². The molecule has 6 nitrogen and oxygen atoms in total. The molecule has 2 aromatic heterocycles. The fourth-order valence-corrected chi connectivity index (χ4v) is 3.00. The zero-order valence-corrected chi connectivity index (χ0v) is 14.0. The molecule has 1 fully saturated rings. The van der Waals surface area contributed by atoms with Crippen LogP contribution in [0.25, 0.3) is 0 Å². The van der Waals surface area contributed by atoms with Crippen molar-refractivity contribution in [1.29, 1.82) is 0 Å². The highest BCUT2D eigenvalue weighted by molar-refractivity contribution is 5.17. The van der Waals surface area contributed by atoms with Gasteiger partial charge in [0, 0.05) is 25.2 Å². The van der Waals surface area contributed by atoms with Crippen LogP contribution in [0.4, 0.5) is 0 Å². The summed E-state index contributed by atoms with van der Waals surface area (Å²) in [5, 5.41) is 8.21. The van der Waals surface area contributed by atoms with Crippen LogP contribution in [0.5, 0.6) is 0 Å². The van der Waals surface area contributed by atoms with Gasteiger partial charge in [-0.1, -0.05) is 13.8 Å². The minimum absolute atomic E-state index is 0.0667. The van der Waals surface area contributed by atoms with Crippen molar-refractivity contribution >= 4 is 0 Å². The van der Waals surface area contributed by atoms with E-state index in [2.05, 4.69) is 21.2 Å². The molecule has 0 spiro atoms. The molecule has 124 valence electrons. The first-order valence-corrected chi connectivity index (χ1v) is 8.24. The topological polar surface area (TPSA) is 64.2 Å². The second-order valence-corrected chi connectivity index (χ2v) is 6.65. The number of hydrogen-bond acceptors (Lipinski definition) is 5. The lowest BCUT2D eigenvalue weighted by molar-refractivity contribution is 0.186. The fourth-order valence-electron chi connectivity index (χ4n) is 3.00. The van der Waals surface area contributed by atoms with Gasteiger partial charge in [-0.15, -0.1) is 10.2 Å². The Balaban J connectivity index is 1.57. The van der Waals surface area contributed by atoms with Crippen molar-refractivity contribution in [3.63, 3.8) is 0 Å². The van der Waals surface area contributed by atoms with Crippen LogP contribution in [0, 0.1) is 0 Å². The van der Waals surface area contributed by atoms with Crippen LogP contribution in [0.3, 0.4) is 0 Å². The predicted molar refractivity (Wildman–Crippen MR) is 87.3 cm³/mol. The van der Waals surface area contributed by atoms with Gasteiger partial charge < -0.3 is 8.98 Å². The summed E-state index contributed by atoms with van der Waals surface area (Å²) in [7, 11) is 1.78. The largest absolute Gasteiger partial charge is 0.424 e. The number of rotatable bonds is 4. The second kappa shape index (κ2) is 6.66. The van der Waals surface area contributed by atoms with E-state index in [0.29, 0.717) is 24.2 Å². The van der Waals surface area contributed by atoms with Crippen LogP contribution in [-0.2, 0) is 13.6 Å². The molecule has 0 aliphatic carbocycles. The average Bonchev–Trinajstić information content (AvgIpc) is 3.00. The van der Waals surface area contributed by atoms with Gasteiger partial charge >= 0.3 is 0 Å². The Kier molecular flexibility index (Phi) is 4.61. The average molecular weight is 316 g/mol. The molecule has 0 unspecified atom stereocenters. The van der Waals surface area contributed by atoms with E-state index >= 15 is 0 Å². The molecule has 1 aliphatic rings. The Morgan fingerprint density at radius 3 is 2.65 bits per heavy atom. The summed E-state index contributed by atoms with van der Waals surface area (Å²) in [5.74, 6) is 2.13. The highest BCUT2D eigenvalue weighted by Gasteiger charge is 2.22. The maximum atomic E-state index is 11.8. The maximum Gasteiger partial charge on any atom is 0.250 e. The van der Waals surface area contributed by atoms with Gasteiger partial charge in [-0.05, 0) is 43.5 Å². The lowest BCUT2D eigenvalue weighted by Crippen LogP contribution is -2.33. The predicted octanol–water partition coefficient (Wildman–Crippen LogP) is 2.27. The minimum Gasteiger partial charge on any atom is -0.424 e. The van der Waals surface area contributed by atoms with E-state index in [-0.39, 0.29) is 11.5 Å². The van der Waals surface area contributed by atoms with Gasteiger partial charge in [-0.2, -0.15) is 0 Å². The normalized spacial score (nSPS) is 17.0. The Bertz CT molecular complexity index is 711. The van der Waals surface area contributed by atoms with Crippen molar-refractivity contribution in [1.82, 2.24) is 19.7 Å². The zero-order valence-electron chi connectivity index (χ0n) is 14.0. The number of likely N-dealkylation sites (tertiary alicyclic amines) is 1. The second-order valence-electron chi connectivity index (χ2n) is 6.65. The van der Waals surface area contributed by atoms with E-state index in [1.165, 1.54) is 0 Å². The molecular weight excluding hydrogens is 292 g/mol.